The highest BCUT2D eigenvalue weighted by atomic mass is 32.2. The van der Waals surface area contributed by atoms with Crippen molar-refractivity contribution in [1.82, 2.24) is 4.31 Å². The Morgan fingerprint density at radius 2 is 2.00 bits per heavy atom. The van der Waals surface area contributed by atoms with Gasteiger partial charge in [-0.1, -0.05) is 12.1 Å². The first kappa shape index (κ1) is 17.4. The molecule has 6 nitrogen and oxygen atoms in total. The summed E-state index contributed by atoms with van der Waals surface area (Å²) in [4.78, 5) is 0.227. The number of nitrogens with two attached hydrogens (primary N) is 1. The van der Waals surface area contributed by atoms with Crippen molar-refractivity contribution in [2.45, 2.75) is 31.2 Å². The van der Waals surface area contributed by atoms with Gasteiger partial charge in [0.1, 0.15) is 0 Å². The van der Waals surface area contributed by atoms with Crippen LogP contribution in [0.3, 0.4) is 0 Å². The zero-order chi connectivity index (χ0) is 16.5. The second-order valence-electron chi connectivity index (χ2n) is 5.73. The van der Waals surface area contributed by atoms with E-state index >= 15 is 0 Å². The lowest BCUT2D eigenvalue weighted by molar-refractivity contribution is 0.347. The maximum atomic E-state index is 13.0. The van der Waals surface area contributed by atoms with Crippen molar-refractivity contribution in [2.75, 3.05) is 24.6 Å². The van der Waals surface area contributed by atoms with Gasteiger partial charge < -0.3 is 5.73 Å². The molecule has 1 saturated heterocycles. The summed E-state index contributed by atoms with van der Waals surface area (Å²) in [6.07, 6.45) is 0.326. The molecule has 1 heterocycles. The maximum absolute atomic E-state index is 13.0. The molecule has 124 valence electrons. The Kier molecular flexibility index (Phi) is 4.96. The van der Waals surface area contributed by atoms with Crippen LogP contribution in [-0.4, -0.2) is 51.8 Å². The van der Waals surface area contributed by atoms with Gasteiger partial charge in [0, 0.05) is 19.1 Å². The van der Waals surface area contributed by atoms with E-state index in [2.05, 4.69) is 0 Å². The van der Waals surface area contributed by atoms with Gasteiger partial charge in [-0.05, 0) is 37.5 Å². The van der Waals surface area contributed by atoms with Crippen molar-refractivity contribution in [1.29, 1.82) is 0 Å². The molecule has 22 heavy (non-hydrogen) atoms. The SMILES string of the molecule is Cc1ccc(C)c(S(=O)(=O)N(CCN)[C@H]2CCS(=O)(=O)C2)c1. The van der Waals surface area contributed by atoms with Gasteiger partial charge in [0.15, 0.2) is 9.84 Å². The first-order valence-corrected chi connectivity index (χ1v) is 10.4. The van der Waals surface area contributed by atoms with E-state index in [1.165, 1.54) is 4.31 Å². The second-order valence-corrected chi connectivity index (χ2v) is 9.82. The molecule has 1 fully saturated rings. The maximum Gasteiger partial charge on any atom is 0.243 e. The highest BCUT2D eigenvalue weighted by molar-refractivity contribution is 7.92. The fourth-order valence-corrected chi connectivity index (χ4v) is 6.55. The Morgan fingerprint density at radius 1 is 1.32 bits per heavy atom. The standard InChI is InChI=1S/C14H22N2O4S2/c1-11-3-4-12(2)14(9-11)22(19,20)16(7-6-15)13-5-8-21(17,18)10-13/h3-4,9,13H,5-8,10,15H2,1-2H3/t13-/m0/s1. The Morgan fingerprint density at radius 3 is 2.55 bits per heavy atom. The molecule has 2 rings (SSSR count). The minimum Gasteiger partial charge on any atom is -0.329 e. The Hall–Kier alpha value is -0.960. The topological polar surface area (TPSA) is 97.5 Å². The van der Waals surface area contributed by atoms with Gasteiger partial charge in [0.2, 0.25) is 10.0 Å². The van der Waals surface area contributed by atoms with Gasteiger partial charge >= 0.3 is 0 Å². The van der Waals surface area contributed by atoms with Gasteiger partial charge in [-0.3, -0.25) is 0 Å². The molecule has 0 bridgehead atoms. The third-order valence-electron chi connectivity index (χ3n) is 3.90. The van der Waals surface area contributed by atoms with E-state index in [1.807, 2.05) is 13.0 Å². The summed E-state index contributed by atoms with van der Waals surface area (Å²) in [5.74, 6) is -0.0991. The lowest BCUT2D eigenvalue weighted by atomic mass is 10.2. The van der Waals surface area contributed by atoms with Crippen LogP contribution in [0.25, 0.3) is 0 Å². The zero-order valence-electron chi connectivity index (χ0n) is 12.8. The molecule has 1 aromatic carbocycles. The van der Waals surface area contributed by atoms with E-state index in [1.54, 1.807) is 19.1 Å². The lowest BCUT2D eigenvalue weighted by Gasteiger charge is -2.27. The number of rotatable bonds is 5. The van der Waals surface area contributed by atoms with E-state index in [4.69, 9.17) is 5.73 Å². The number of aryl methyl sites for hydroxylation is 2. The van der Waals surface area contributed by atoms with E-state index in [0.29, 0.717) is 12.0 Å². The van der Waals surface area contributed by atoms with Crippen LogP contribution in [0.15, 0.2) is 23.1 Å². The van der Waals surface area contributed by atoms with E-state index < -0.39 is 25.9 Å². The Labute approximate surface area is 132 Å². The van der Waals surface area contributed by atoms with Gasteiger partial charge in [0.05, 0.1) is 16.4 Å². The number of sulfonamides is 1. The monoisotopic (exact) mass is 346 g/mol. The Balaban J connectivity index is 2.45. The van der Waals surface area contributed by atoms with Crippen LogP contribution in [0.5, 0.6) is 0 Å². The molecule has 1 aliphatic rings. The molecular weight excluding hydrogens is 324 g/mol. The highest BCUT2D eigenvalue weighted by Crippen LogP contribution is 2.27. The molecule has 1 aromatic rings. The van der Waals surface area contributed by atoms with Crippen LogP contribution in [0, 0.1) is 13.8 Å². The van der Waals surface area contributed by atoms with E-state index in [0.717, 1.165) is 5.56 Å². The summed E-state index contributed by atoms with van der Waals surface area (Å²) in [6, 6.07) is 4.70. The number of hydrogen-bond acceptors (Lipinski definition) is 5. The summed E-state index contributed by atoms with van der Waals surface area (Å²) in [7, 11) is -6.93. The van der Waals surface area contributed by atoms with Crippen LogP contribution in [-0.2, 0) is 19.9 Å². The van der Waals surface area contributed by atoms with Crippen molar-refractivity contribution in [2.24, 2.45) is 5.73 Å². The van der Waals surface area contributed by atoms with Gasteiger partial charge in [0.25, 0.3) is 0 Å². The number of sulfone groups is 1. The van der Waals surface area contributed by atoms with E-state index in [-0.39, 0.29) is 29.5 Å². The Bertz CT molecular complexity index is 757. The van der Waals surface area contributed by atoms with Crippen molar-refractivity contribution >= 4 is 19.9 Å². The summed E-state index contributed by atoms with van der Waals surface area (Å²) < 4.78 is 50.6. The van der Waals surface area contributed by atoms with Gasteiger partial charge in [-0.25, -0.2) is 16.8 Å². The molecule has 0 aliphatic carbocycles. The average molecular weight is 346 g/mol. The number of nitrogens with zero attached hydrogens (tertiary/aromatic N) is 1. The van der Waals surface area contributed by atoms with Crippen LogP contribution < -0.4 is 5.73 Å². The third-order valence-corrected chi connectivity index (χ3v) is 7.74. The third kappa shape index (κ3) is 3.51. The predicted octanol–water partition coefficient (Wildman–Crippen LogP) is 0.440. The minimum absolute atomic E-state index is 0.0288. The first-order valence-electron chi connectivity index (χ1n) is 7.17. The fourth-order valence-electron chi connectivity index (χ4n) is 2.74. The van der Waals surface area contributed by atoms with Crippen LogP contribution in [0.1, 0.15) is 17.5 Å². The summed E-state index contributed by atoms with van der Waals surface area (Å²) in [5, 5.41) is 0. The molecule has 0 radical (unpaired) electrons. The van der Waals surface area contributed by atoms with Crippen LogP contribution in [0.2, 0.25) is 0 Å². The summed E-state index contributed by atoms with van der Waals surface area (Å²) in [5.41, 5.74) is 7.04. The predicted molar refractivity (Wildman–Crippen MR) is 85.9 cm³/mol. The zero-order valence-corrected chi connectivity index (χ0v) is 14.5. The minimum atomic E-state index is -3.76. The first-order chi connectivity index (χ1) is 10.2. The van der Waals surface area contributed by atoms with Crippen molar-refractivity contribution < 1.29 is 16.8 Å². The van der Waals surface area contributed by atoms with Crippen molar-refractivity contribution in [3.05, 3.63) is 29.3 Å². The molecule has 1 aliphatic heterocycles. The lowest BCUT2D eigenvalue weighted by Crippen LogP contribution is -2.44. The molecule has 1 atom stereocenters. The average Bonchev–Trinajstić information content (AvgIpc) is 2.78. The summed E-state index contributed by atoms with van der Waals surface area (Å²) >= 11 is 0. The molecule has 0 amide bonds. The van der Waals surface area contributed by atoms with Gasteiger partial charge in [-0.2, -0.15) is 4.31 Å². The highest BCUT2D eigenvalue weighted by Gasteiger charge is 2.38. The second kappa shape index (κ2) is 6.27. The summed E-state index contributed by atoms with van der Waals surface area (Å²) in [6.45, 7) is 3.83. The van der Waals surface area contributed by atoms with Crippen molar-refractivity contribution in [3.8, 4) is 0 Å². The van der Waals surface area contributed by atoms with E-state index in [9.17, 15) is 16.8 Å². The molecule has 0 aromatic heterocycles. The van der Waals surface area contributed by atoms with Crippen LogP contribution in [0.4, 0.5) is 0 Å². The molecule has 2 N–H and O–H groups in total. The smallest absolute Gasteiger partial charge is 0.243 e. The van der Waals surface area contributed by atoms with Gasteiger partial charge in [-0.15, -0.1) is 0 Å². The number of hydrogen-bond donors (Lipinski definition) is 1. The largest absolute Gasteiger partial charge is 0.329 e. The molecule has 0 saturated carbocycles. The molecule has 8 heteroatoms. The fraction of sp³-hybridized carbons (Fsp3) is 0.571. The number of benzene rings is 1. The molecular formula is C14H22N2O4S2. The quantitative estimate of drug-likeness (QED) is 0.834. The van der Waals surface area contributed by atoms with Crippen LogP contribution >= 0.6 is 0 Å². The normalized spacial score (nSPS) is 21.4. The molecule has 0 unspecified atom stereocenters. The molecule has 0 spiro atoms. The van der Waals surface area contributed by atoms with Crippen molar-refractivity contribution in [3.63, 3.8) is 0 Å².